The molecular formula is C14H20Si. The van der Waals surface area contributed by atoms with Crippen molar-refractivity contribution < 1.29 is 0 Å². The average molecular weight is 216 g/mol. The monoisotopic (exact) mass is 216 g/mol. The lowest BCUT2D eigenvalue weighted by Crippen LogP contribution is -2.44. The Morgan fingerprint density at radius 3 is 2.33 bits per heavy atom. The summed E-state index contributed by atoms with van der Waals surface area (Å²) in [5.41, 5.74) is 0. The Kier molecular flexibility index (Phi) is 3.10. The highest BCUT2D eigenvalue weighted by Crippen LogP contribution is 2.25. The minimum atomic E-state index is -1.32. The van der Waals surface area contributed by atoms with Gasteiger partial charge in [0.2, 0.25) is 0 Å². The van der Waals surface area contributed by atoms with Crippen LogP contribution in [0.25, 0.3) is 0 Å². The number of allylic oxidation sites excluding steroid dienone is 2. The van der Waals surface area contributed by atoms with Crippen molar-refractivity contribution in [3.8, 4) is 0 Å². The maximum Gasteiger partial charge on any atom is 0.107 e. The summed E-state index contributed by atoms with van der Waals surface area (Å²) in [7, 11) is -1.32. The van der Waals surface area contributed by atoms with Crippen LogP contribution < -0.4 is 5.19 Å². The molecule has 0 fully saturated rings. The van der Waals surface area contributed by atoms with Crippen LogP contribution >= 0.6 is 0 Å². The number of benzene rings is 1. The Labute approximate surface area is 94.0 Å². The quantitative estimate of drug-likeness (QED) is 0.662. The van der Waals surface area contributed by atoms with E-state index in [1.54, 1.807) is 10.4 Å². The van der Waals surface area contributed by atoms with E-state index in [9.17, 15) is 0 Å². The summed E-state index contributed by atoms with van der Waals surface area (Å²) in [6.45, 7) is 4.97. The van der Waals surface area contributed by atoms with Gasteiger partial charge in [0, 0.05) is 0 Å². The van der Waals surface area contributed by atoms with Gasteiger partial charge in [-0.25, -0.2) is 0 Å². The molecule has 15 heavy (non-hydrogen) atoms. The van der Waals surface area contributed by atoms with Crippen molar-refractivity contribution in [2.75, 3.05) is 0 Å². The van der Waals surface area contributed by atoms with Crippen LogP contribution in [0.3, 0.4) is 0 Å². The first-order valence-electron chi connectivity index (χ1n) is 5.96. The lowest BCUT2D eigenvalue weighted by molar-refractivity contribution is 0.718. The van der Waals surface area contributed by atoms with E-state index in [1.807, 2.05) is 0 Å². The molecule has 1 aliphatic rings. The fraction of sp³-hybridized carbons (Fsp3) is 0.429. The largest absolute Gasteiger partial charge is 0.107 e. The number of hydrogen-bond acceptors (Lipinski definition) is 0. The van der Waals surface area contributed by atoms with E-state index in [2.05, 4.69) is 49.5 Å². The first kappa shape index (κ1) is 10.7. The Morgan fingerprint density at radius 2 is 1.73 bits per heavy atom. The van der Waals surface area contributed by atoms with E-state index >= 15 is 0 Å². The third-order valence-corrected chi connectivity index (χ3v) is 7.43. The molecule has 0 heterocycles. The topological polar surface area (TPSA) is 0 Å². The smallest absolute Gasteiger partial charge is 0.0888 e. The van der Waals surface area contributed by atoms with Gasteiger partial charge in [-0.2, -0.15) is 0 Å². The third kappa shape index (κ3) is 2.23. The van der Waals surface area contributed by atoms with Crippen molar-refractivity contribution in [1.82, 2.24) is 0 Å². The van der Waals surface area contributed by atoms with Gasteiger partial charge in [0.1, 0.15) is 8.07 Å². The van der Waals surface area contributed by atoms with E-state index in [4.69, 9.17) is 0 Å². The normalized spacial score (nSPS) is 17.3. The van der Waals surface area contributed by atoms with Crippen LogP contribution in [0.4, 0.5) is 0 Å². The van der Waals surface area contributed by atoms with Crippen molar-refractivity contribution in [2.45, 2.75) is 38.8 Å². The number of rotatable bonds is 2. The third-order valence-electron chi connectivity index (χ3n) is 3.59. The van der Waals surface area contributed by atoms with Gasteiger partial charge in [0.25, 0.3) is 0 Å². The van der Waals surface area contributed by atoms with Crippen LogP contribution in [0, 0.1) is 0 Å². The van der Waals surface area contributed by atoms with Crippen LogP contribution in [0.5, 0.6) is 0 Å². The Balaban J connectivity index is 2.30. The zero-order chi connectivity index (χ0) is 10.7. The molecule has 1 aromatic carbocycles. The predicted octanol–water partition coefficient (Wildman–Crippen LogP) is 3.64. The molecule has 1 aliphatic carbocycles. The molecule has 0 saturated carbocycles. The number of hydrogen-bond donors (Lipinski definition) is 0. The second-order valence-electron chi connectivity index (χ2n) is 4.97. The molecule has 0 radical (unpaired) electrons. The van der Waals surface area contributed by atoms with E-state index in [-0.39, 0.29) is 0 Å². The van der Waals surface area contributed by atoms with Crippen molar-refractivity contribution in [2.24, 2.45) is 0 Å². The van der Waals surface area contributed by atoms with E-state index in [1.165, 1.54) is 25.7 Å². The van der Waals surface area contributed by atoms with Gasteiger partial charge in [0.05, 0.1) is 0 Å². The van der Waals surface area contributed by atoms with E-state index < -0.39 is 8.07 Å². The lowest BCUT2D eigenvalue weighted by Gasteiger charge is -2.29. The molecule has 0 aliphatic heterocycles. The maximum absolute atomic E-state index is 2.52. The SMILES string of the molecule is C[Si](C)(C1=CCCCC1)c1ccccc1. The highest BCUT2D eigenvalue weighted by Gasteiger charge is 2.28. The molecule has 1 heteroatoms. The minimum Gasteiger partial charge on any atom is -0.0888 e. The van der Waals surface area contributed by atoms with Gasteiger partial charge >= 0.3 is 0 Å². The van der Waals surface area contributed by atoms with Crippen LogP contribution in [0.1, 0.15) is 25.7 Å². The fourth-order valence-electron chi connectivity index (χ4n) is 2.45. The van der Waals surface area contributed by atoms with Crippen molar-refractivity contribution in [1.29, 1.82) is 0 Å². The Hall–Kier alpha value is -0.823. The molecule has 0 nitrogen and oxygen atoms in total. The summed E-state index contributed by atoms with van der Waals surface area (Å²) in [5, 5.41) is 3.35. The summed E-state index contributed by atoms with van der Waals surface area (Å²) in [4.78, 5) is 0. The molecule has 0 amide bonds. The predicted molar refractivity (Wildman–Crippen MR) is 70.1 cm³/mol. The van der Waals surface area contributed by atoms with E-state index in [0.717, 1.165) is 0 Å². The van der Waals surface area contributed by atoms with Crippen LogP contribution in [-0.4, -0.2) is 8.07 Å². The molecule has 0 N–H and O–H groups in total. The van der Waals surface area contributed by atoms with Crippen molar-refractivity contribution in [3.63, 3.8) is 0 Å². The molecule has 80 valence electrons. The van der Waals surface area contributed by atoms with Gasteiger partial charge in [0.15, 0.2) is 0 Å². The lowest BCUT2D eigenvalue weighted by atomic mass is 10.1. The van der Waals surface area contributed by atoms with Crippen LogP contribution in [0.15, 0.2) is 41.6 Å². The summed E-state index contributed by atoms with van der Waals surface area (Å²) < 4.78 is 0. The van der Waals surface area contributed by atoms with Gasteiger partial charge in [-0.1, -0.05) is 59.9 Å². The van der Waals surface area contributed by atoms with Gasteiger partial charge < -0.3 is 0 Å². The molecular weight excluding hydrogens is 196 g/mol. The highest BCUT2D eigenvalue weighted by molar-refractivity contribution is 6.95. The van der Waals surface area contributed by atoms with Crippen LogP contribution in [-0.2, 0) is 0 Å². The molecule has 0 atom stereocenters. The van der Waals surface area contributed by atoms with E-state index in [0.29, 0.717) is 0 Å². The molecule has 0 spiro atoms. The standard InChI is InChI=1S/C14H20Si/c1-15(2,13-9-5-3-6-10-13)14-11-7-4-8-12-14/h3,5-6,9-11H,4,7-8,12H2,1-2H3. The second kappa shape index (κ2) is 4.36. The Bertz CT molecular complexity index is 349. The summed E-state index contributed by atoms with van der Waals surface area (Å²) >= 11 is 0. The van der Waals surface area contributed by atoms with Crippen molar-refractivity contribution >= 4 is 13.3 Å². The molecule has 0 aromatic heterocycles. The highest BCUT2D eigenvalue weighted by atomic mass is 28.3. The Morgan fingerprint density at radius 1 is 1.00 bits per heavy atom. The summed E-state index contributed by atoms with van der Waals surface area (Å²) in [6.07, 6.45) is 7.95. The van der Waals surface area contributed by atoms with Gasteiger partial charge in [-0.15, -0.1) is 0 Å². The molecule has 0 bridgehead atoms. The molecule has 0 saturated heterocycles. The van der Waals surface area contributed by atoms with Gasteiger partial charge in [-0.05, 0) is 25.7 Å². The fourth-order valence-corrected chi connectivity index (χ4v) is 5.30. The first-order chi connectivity index (χ1) is 7.21. The zero-order valence-corrected chi connectivity index (χ0v) is 10.8. The average Bonchev–Trinajstić information content (AvgIpc) is 2.31. The summed E-state index contributed by atoms with van der Waals surface area (Å²) in [6, 6.07) is 11.1. The zero-order valence-electron chi connectivity index (χ0n) is 9.79. The minimum absolute atomic E-state index is 1.30. The molecule has 2 rings (SSSR count). The van der Waals surface area contributed by atoms with Gasteiger partial charge in [-0.3, -0.25) is 0 Å². The molecule has 0 unspecified atom stereocenters. The first-order valence-corrected chi connectivity index (χ1v) is 8.96. The molecule has 1 aromatic rings. The maximum atomic E-state index is 2.52. The van der Waals surface area contributed by atoms with Crippen molar-refractivity contribution in [3.05, 3.63) is 41.6 Å². The second-order valence-corrected chi connectivity index (χ2v) is 9.44. The summed E-state index contributed by atoms with van der Waals surface area (Å²) in [5.74, 6) is 0. The van der Waals surface area contributed by atoms with Crippen LogP contribution in [0.2, 0.25) is 13.1 Å².